The maximum Gasteiger partial charge on any atom is 0.000167 e. The lowest BCUT2D eigenvalue weighted by Gasteiger charge is -1.62. The first kappa shape index (κ1) is 5.30. The van der Waals surface area contributed by atoms with Gasteiger partial charge in [0.05, 0.1) is 0 Å². The molecular weight excluding hydrogens is 203 g/mol. The van der Waals surface area contributed by atoms with Crippen molar-refractivity contribution in [3.63, 3.8) is 0 Å². The third-order valence-electron chi connectivity index (χ3n) is 0. The zero-order valence-electron chi connectivity index (χ0n) is 2.19. The number of hydrogen-bond acceptors (Lipinski definition) is 1. The minimum absolute atomic E-state index is 0.192. The van der Waals surface area contributed by atoms with E-state index in [-0.39, 0.29) is 6.63 Å². The van der Waals surface area contributed by atoms with E-state index in [1.54, 1.807) is 0 Å². The van der Waals surface area contributed by atoms with Crippen molar-refractivity contribution in [2.24, 2.45) is 0 Å². The summed E-state index contributed by atoms with van der Waals surface area (Å²) >= 11 is 6.82. The summed E-state index contributed by atoms with van der Waals surface area (Å²) in [4.78, 5) is 0. The van der Waals surface area contributed by atoms with Gasteiger partial charge < -0.3 is 0 Å². The largest absolute Gasteiger partial charge is 0.0614 e. The molecule has 0 N–H and O–H groups in total. The second-order valence-corrected chi connectivity index (χ2v) is 8.41. The molecule has 0 rings (SSSR count). The van der Waals surface area contributed by atoms with Crippen molar-refractivity contribution in [3.8, 4) is 0 Å². The summed E-state index contributed by atoms with van der Waals surface area (Å²) in [6.07, 6.45) is 2.00. The maximum absolute atomic E-state index is 4.63. The van der Waals surface area contributed by atoms with Gasteiger partial charge in [0, 0.05) is 21.2 Å². The van der Waals surface area contributed by atoms with Gasteiger partial charge >= 0.3 is 0 Å². The number of rotatable bonds is 0. The second kappa shape index (κ2) is 2.53. The van der Waals surface area contributed by atoms with E-state index < -0.39 is 0 Å². The Bertz CT molecular complexity index is 29.0. The Kier molecular flexibility index (Phi) is 3.36. The Labute approximate surface area is 45.1 Å². The van der Waals surface area contributed by atoms with E-state index in [1.807, 2.05) is 6.26 Å². The van der Waals surface area contributed by atoms with Crippen LogP contribution >= 0.6 is 21.2 Å². The van der Waals surface area contributed by atoms with Crippen molar-refractivity contribution in [2.75, 3.05) is 6.26 Å². The second-order valence-electron chi connectivity index (χ2n) is 0.384. The molecule has 0 fully saturated rings. The smallest absolute Gasteiger partial charge is 0.000167 e. The van der Waals surface area contributed by atoms with Crippen LogP contribution in [0.5, 0.6) is 0 Å². The highest BCUT2D eigenvalue weighted by Gasteiger charge is 1.55. The van der Waals surface area contributed by atoms with E-state index in [1.165, 1.54) is 0 Å². The fraction of sp³-hybridized carbons (Fsp3) is 1.00. The van der Waals surface area contributed by atoms with Gasteiger partial charge in [-0.2, -0.15) is 0 Å². The van der Waals surface area contributed by atoms with Crippen LogP contribution in [0.3, 0.4) is 0 Å². The molecule has 0 bridgehead atoms. The van der Waals surface area contributed by atoms with Gasteiger partial charge in [0.15, 0.2) is 0 Å². The van der Waals surface area contributed by atoms with E-state index in [0.29, 0.717) is 0 Å². The summed E-state index contributed by atoms with van der Waals surface area (Å²) in [7, 11) is 0. The van der Waals surface area contributed by atoms with Crippen molar-refractivity contribution in [3.05, 3.63) is 0 Å². The van der Waals surface area contributed by atoms with Gasteiger partial charge in [-0.3, -0.25) is 0 Å². The molecule has 0 aliphatic carbocycles. The van der Waals surface area contributed by atoms with Crippen molar-refractivity contribution in [1.82, 2.24) is 0 Å². The summed E-state index contributed by atoms with van der Waals surface area (Å²) in [6, 6.07) is 0. The first-order valence-corrected chi connectivity index (χ1v) is 5.83. The molecule has 26 valence electrons. The molecule has 0 saturated heterocycles. The standard InChI is InChI=1S/CH3IS2/c1-4(2)3/h1H3. The van der Waals surface area contributed by atoms with Gasteiger partial charge in [-0.25, -0.2) is 0 Å². The quantitative estimate of drug-likeness (QED) is 0.421. The lowest BCUT2D eigenvalue weighted by molar-refractivity contribution is 2.54. The fourth-order valence-electron chi connectivity index (χ4n) is 0. The molecule has 0 aromatic carbocycles. The van der Waals surface area contributed by atoms with Gasteiger partial charge in [0.25, 0.3) is 0 Å². The van der Waals surface area contributed by atoms with Crippen molar-refractivity contribution >= 4 is 39.0 Å². The van der Waals surface area contributed by atoms with E-state index in [0.717, 1.165) is 0 Å². The molecule has 0 aliphatic heterocycles. The Hall–Kier alpha value is 1.30. The first-order valence-electron chi connectivity index (χ1n) is 0.729. The highest BCUT2D eigenvalue weighted by molar-refractivity contribution is 14.2. The zero-order valence-corrected chi connectivity index (χ0v) is 5.98. The minimum atomic E-state index is 0.192. The van der Waals surface area contributed by atoms with Gasteiger partial charge in [-0.1, -0.05) is 6.63 Å². The molecule has 0 amide bonds. The predicted octanol–water partition coefficient (Wildman–Crippen LogP) is 1.05. The van der Waals surface area contributed by atoms with Gasteiger partial charge in [0.2, 0.25) is 0 Å². The number of halogens is 1. The summed E-state index contributed by atoms with van der Waals surface area (Å²) < 4.78 is 0. The molecule has 0 aromatic heterocycles. The Balaban J connectivity index is 2.80. The molecule has 0 radical (unpaired) electrons. The monoisotopic (exact) mass is 206 g/mol. The molecule has 0 heterocycles. The normalized spacial score (nSPS) is 15.5. The van der Waals surface area contributed by atoms with Crippen molar-refractivity contribution in [1.29, 1.82) is 0 Å². The van der Waals surface area contributed by atoms with E-state index in [4.69, 9.17) is 0 Å². The summed E-state index contributed by atoms with van der Waals surface area (Å²) in [5.74, 6) is 0. The fourth-order valence-corrected chi connectivity index (χ4v) is 0. The summed E-state index contributed by atoms with van der Waals surface area (Å²) in [5.41, 5.74) is 0. The van der Waals surface area contributed by atoms with Crippen molar-refractivity contribution in [2.45, 2.75) is 0 Å². The van der Waals surface area contributed by atoms with Crippen LogP contribution < -0.4 is 0 Å². The van der Waals surface area contributed by atoms with Crippen LogP contribution in [0.1, 0.15) is 0 Å². The average Bonchev–Trinajstić information content (AvgIpc) is 0.811. The van der Waals surface area contributed by atoms with Crippen LogP contribution in [0, 0.1) is 0 Å². The molecule has 0 nitrogen and oxygen atoms in total. The average molecular weight is 206 g/mol. The molecule has 4 heavy (non-hydrogen) atoms. The zero-order chi connectivity index (χ0) is 3.58. The van der Waals surface area contributed by atoms with Gasteiger partial charge in [-0.05, 0) is 17.4 Å². The lowest BCUT2D eigenvalue weighted by atomic mass is 12.0. The third-order valence-corrected chi connectivity index (χ3v) is 0. The predicted molar refractivity (Wildman–Crippen MR) is 34.7 cm³/mol. The molecule has 0 spiro atoms. The first-order chi connectivity index (χ1) is 1.73. The van der Waals surface area contributed by atoms with E-state index >= 15 is 0 Å². The molecule has 1 atom stereocenters. The summed E-state index contributed by atoms with van der Waals surface area (Å²) in [5, 5.41) is 0. The minimum Gasteiger partial charge on any atom is -0.0614 e. The van der Waals surface area contributed by atoms with Crippen LogP contribution in [0.25, 0.3) is 0 Å². The van der Waals surface area contributed by atoms with Crippen LogP contribution in [-0.2, 0) is 17.8 Å². The van der Waals surface area contributed by atoms with E-state index in [9.17, 15) is 0 Å². The Morgan fingerprint density at radius 3 is 2.00 bits per heavy atom. The van der Waals surface area contributed by atoms with Gasteiger partial charge in [-0.15, -0.1) is 0 Å². The topological polar surface area (TPSA) is 0 Å². The Morgan fingerprint density at radius 2 is 2.00 bits per heavy atom. The van der Waals surface area contributed by atoms with Crippen LogP contribution in [0.2, 0.25) is 0 Å². The van der Waals surface area contributed by atoms with Gasteiger partial charge in [0.1, 0.15) is 0 Å². The molecule has 0 saturated carbocycles. The highest BCUT2D eigenvalue weighted by Crippen LogP contribution is 1.83. The maximum atomic E-state index is 4.63. The van der Waals surface area contributed by atoms with Crippen LogP contribution in [0.4, 0.5) is 0 Å². The number of hydrogen-bond donors (Lipinski definition) is 0. The highest BCUT2D eigenvalue weighted by atomic mass is 127. The molecular formula is CH3IS2. The molecule has 3 heteroatoms. The van der Waals surface area contributed by atoms with Crippen LogP contribution in [0.15, 0.2) is 0 Å². The van der Waals surface area contributed by atoms with Crippen molar-refractivity contribution < 1.29 is 0 Å². The summed E-state index contributed by atoms with van der Waals surface area (Å²) in [6.45, 7) is 0.192. The SMILES string of the molecule is CS(=S)I. The van der Waals surface area contributed by atoms with E-state index in [2.05, 4.69) is 32.4 Å². The third kappa shape index (κ3) is 10.3. The lowest BCUT2D eigenvalue weighted by Crippen LogP contribution is -1.51. The van der Waals surface area contributed by atoms with Crippen LogP contribution in [-0.4, -0.2) is 6.26 Å². The molecule has 0 aromatic rings. The molecule has 0 aliphatic rings. The molecule has 1 unspecified atom stereocenters. The Morgan fingerprint density at radius 1 is 2.00 bits per heavy atom.